The largest absolute Gasteiger partial charge is 0.478 e. The van der Waals surface area contributed by atoms with Gasteiger partial charge in [0.15, 0.2) is 0 Å². The van der Waals surface area contributed by atoms with Gasteiger partial charge in [0.25, 0.3) is 0 Å². The Morgan fingerprint density at radius 3 is 2.38 bits per heavy atom. The summed E-state index contributed by atoms with van der Waals surface area (Å²) in [6, 6.07) is 15.4. The predicted molar refractivity (Wildman–Crippen MR) is 95.5 cm³/mol. The van der Waals surface area contributed by atoms with Gasteiger partial charge in [-0.3, -0.25) is 9.59 Å². The van der Waals surface area contributed by atoms with Gasteiger partial charge in [0, 0.05) is 13.1 Å². The zero-order valence-corrected chi connectivity index (χ0v) is 14.2. The van der Waals surface area contributed by atoms with Gasteiger partial charge in [-0.25, -0.2) is 4.79 Å². The molecule has 6 heteroatoms. The SMILES string of the molecule is O=C(Cc1ccc(C(=O)O)cc1)NC1CCN(Cc2ccccc2)C1=O. The van der Waals surface area contributed by atoms with Crippen molar-refractivity contribution in [2.75, 3.05) is 6.54 Å². The molecule has 0 bridgehead atoms. The molecule has 0 saturated carbocycles. The van der Waals surface area contributed by atoms with Gasteiger partial charge in [-0.05, 0) is 29.7 Å². The molecule has 0 aromatic heterocycles. The summed E-state index contributed by atoms with van der Waals surface area (Å²) in [7, 11) is 0. The molecule has 1 heterocycles. The van der Waals surface area contributed by atoms with Gasteiger partial charge in [0.1, 0.15) is 6.04 Å². The van der Waals surface area contributed by atoms with Crippen LogP contribution in [0.3, 0.4) is 0 Å². The van der Waals surface area contributed by atoms with Crippen LogP contribution in [0.4, 0.5) is 0 Å². The molecule has 2 aromatic rings. The zero-order valence-electron chi connectivity index (χ0n) is 14.2. The lowest BCUT2D eigenvalue weighted by Crippen LogP contribution is -2.41. The van der Waals surface area contributed by atoms with Crippen molar-refractivity contribution in [3.05, 3.63) is 71.3 Å². The number of carbonyl (C=O) groups is 3. The third kappa shape index (κ3) is 4.27. The summed E-state index contributed by atoms with van der Waals surface area (Å²) in [5.74, 6) is -1.31. The Balaban J connectivity index is 1.53. The van der Waals surface area contributed by atoms with E-state index in [4.69, 9.17) is 5.11 Å². The molecule has 6 nitrogen and oxygen atoms in total. The fourth-order valence-corrected chi connectivity index (χ4v) is 3.03. The highest BCUT2D eigenvalue weighted by Gasteiger charge is 2.32. The van der Waals surface area contributed by atoms with Gasteiger partial charge in [0.05, 0.1) is 12.0 Å². The molecule has 26 heavy (non-hydrogen) atoms. The van der Waals surface area contributed by atoms with Crippen molar-refractivity contribution >= 4 is 17.8 Å². The van der Waals surface area contributed by atoms with E-state index < -0.39 is 12.0 Å². The van der Waals surface area contributed by atoms with E-state index in [0.717, 1.165) is 5.56 Å². The normalized spacial score (nSPS) is 16.5. The highest BCUT2D eigenvalue weighted by molar-refractivity contribution is 5.90. The molecule has 1 atom stereocenters. The van der Waals surface area contributed by atoms with E-state index in [1.165, 1.54) is 12.1 Å². The number of amides is 2. The first-order valence-corrected chi connectivity index (χ1v) is 8.47. The smallest absolute Gasteiger partial charge is 0.335 e. The number of nitrogens with zero attached hydrogens (tertiary/aromatic N) is 1. The zero-order chi connectivity index (χ0) is 18.5. The number of nitrogens with one attached hydrogen (secondary N) is 1. The average molecular weight is 352 g/mol. The Morgan fingerprint density at radius 1 is 1.04 bits per heavy atom. The first kappa shape index (κ1) is 17.7. The summed E-state index contributed by atoms with van der Waals surface area (Å²) in [4.78, 5) is 37.3. The molecule has 2 N–H and O–H groups in total. The minimum atomic E-state index is -1.00. The molecule has 0 spiro atoms. The van der Waals surface area contributed by atoms with Crippen molar-refractivity contribution in [1.82, 2.24) is 10.2 Å². The van der Waals surface area contributed by atoms with Crippen LogP contribution in [0, 0.1) is 0 Å². The summed E-state index contributed by atoms with van der Waals surface area (Å²) < 4.78 is 0. The standard InChI is InChI=1S/C20H20N2O4/c23-18(12-14-6-8-16(9-7-14)20(25)26)21-17-10-11-22(19(17)24)13-15-4-2-1-3-5-15/h1-9,17H,10-13H2,(H,21,23)(H,25,26). The van der Waals surface area contributed by atoms with Crippen LogP contribution in [-0.2, 0) is 22.6 Å². The summed E-state index contributed by atoms with van der Waals surface area (Å²) >= 11 is 0. The Kier molecular flexibility index (Phi) is 5.31. The number of benzene rings is 2. The number of carbonyl (C=O) groups excluding carboxylic acids is 2. The maximum atomic E-state index is 12.5. The van der Waals surface area contributed by atoms with Gasteiger partial charge in [-0.2, -0.15) is 0 Å². The van der Waals surface area contributed by atoms with Gasteiger partial charge >= 0.3 is 5.97 Å². The van der Waals surface area contributed by atoms with E-state index in [1.54, 1.807) is 17.0 Å². The molecule has 2 aromatic carbocycles. The summed E-state index contributed by atoms with van der Waals surface area (Å²) in [6.07, 6.45) is 0.706. The molecule has 1 aliphatic rings. The first-order valence-electron chi connectivity index (χ1n) is 8.47. The van der Waals surface area contributed by atoms with Crippen LogP contribution in [0.1, 0.15) is 27.9 Å². The summed E-state index contributed by atoms with van der Waals surface area (Å²) in [5.41, 5.74) is 1.95. The number of carboxylic acid groups (broad SMARTS) is 1. The molecule has 1 saturated heterocycles. The number of rotatable bonds is 6. The minimum Gasteiger partial charge on any atom is -0.478 e. The second kappa shape index (κ2) is 7.82. The number of hydrogen-bond acceptors (Lipinski definition) is 3. The van der Waals surface area contributed by atoms with Crippen molar-refractivity contribution in [3.8, 4) is 0 Å². The van der Waals surface area contributed by atoms with Crippen LogP contribution < -0.4 is 5.32 Å². The van der Waals surface area contributed by atoms with E-state index in [2.05, 4.69) is 5.32 Å². The van der Waals surface area contributed by atoms with E-state index >= 15 is 0 Å². The Labute approximate surface area is 151 Å². The maximum Gasteiger partial charge on any atom is 0.335 e. The van der Waals surface area contributed by atoms with Crippen LogP contribution >= 0.6 is 0 Å². The van der Waals surface area contributed by atoms with Crippen LogP contribution in [0.25, 0.3) is 0 Å². The van der Waals surface area contributed by atoms with Gasteiger partial charge < -0.3 is 15.3 Å². The highest BCUT2D eigenvalue weighted by Crippen LogP contribution is 2.15. The minimum absolute atomic E-state index is 0.0663. The first-order chi connectivity index (χ1) is 12.5. The van der Waals surface area contributed by atoms with Crippen LogP contribution in [-0.4, -0.2) is 40.4 Å². The quantitative estimate of drug-likeness (QED) is 0.831. The molecule has 2 amide bonds. The van der Waals surface area contributed by atoms with Crippen LogP contribution in [0.15, 0.2) is 54.6 Å². The molecule has 0 aliphatic carbocycles. The average Bonchev–Trinajstić information content (AvgIpc) is 2.96. The lowest BCUT2D eigenvalue weighted by Gasteiger charge is -2.17. The second-order valence-electron chi connectivity index (χ2n) is 6.33. The molecular formula is C20H20N2O4. The lowest BCUT2D eigenvalue weighted by molar-refractivity contribution is -0.132. The summed E-state index contributed by atoms with van der Waals surface area (Å²) in [5, 5.41) is 11.7. The number of aromatic carboxylic acids is 1. The van der Waals surface area contributed by atoms with Gasteiger partial charge in [-0.15, -0.1) is 0 Å². The third-order valence-corrected chi connectivity index (χ3v) is 4.41. The molecule has 3 rings (SSSR count). The molecule has 1 unspecified atom stereocenters. The molecule has 1 aliphatic heterocycles. The van der Waals surface area contributed by atoms with Crippen molar-refractivity contribution in [2.24, 2.45) is 0 Å². The van der Waals surface area contributed by atoms with E-state index in [0.29, 0.717) is 25.1 Å². The van der Waals surface area contributed by atoms with Gasteiger partial charge in [0.2, 0.25) is 11.8 Å². The van der Waals surface area contributed by atoms with Crippen molar-refractivity contribution in [3.63, 3.8) is 0 Å². The van der Waals surface area contributed by atoms with Crippen LogP contribution in [0.5, 0.6) is 0 Å². The highest BCUT2D eigenvalue weighted by atomic mass is 16.4. The Morgan fingerprint density at radius 2 is 1.73 bits per heavy atom. The fraction of sp³-hybridized carbons (Fsp3) is 0.250. The molecule has 1 fully saturated rings. The van der Waals surface area contributed by atoms with Crippen molar-refractivity contribution in [2.45, 2.75) is 25.4 Å². The second-order valence-corrected chi connectivity index (χ2v) is 6.33. The third-order valence-electron chi connectivity index (χ3n) is 4.41. The maximum absolute atomic E-state index is 12.5. The van der Waals surface area contributed by atoms with E-state index in [1.807, 2.05) is 30.3 Å². The molecular weight excluding hydrogens is 332 g/mol. The number of carboxylic acids is 1. The Hall–Kier alpha value is -3.15. The number of hydrogen-bond donors (Lipinski definition) is 2. The number of likely N-dealkylation sites (tertiary alicyclic amines) is 1. The molecule has 0 radical (unpaired) electrons. The Bertz CT molecular complexity index is 802. The molecule has 134 valence electrons. The summed E-state index contributed by atoms with van der Waals surface area (Å²) in [6.45, 7) is 1.16. The lowest BCUT2D eigenvalue weighted by atomic mass is 10.1. The van der Waals surface area contributed by atoms with Crippen molar-refractivity contribution < 1.29 is 19.5 Å². The monoisotopic (exact) mass is 352 g/mol. The fourth-order valence-electron chi connectivity index (χ4n) is 3.03. The van der Waals surface area contributed by atoms with Crippen LogP contribution in [0.2, 0.25) is 0 Å². The predicted octanol–water partition coefficient (Wildman–Crippen LogP) is 1.84. The van der Waals surface area contributed by atoms with E-state index in [9.17, 15) is 14.4 Å². The van der Waals surface area contributed by atoms with E-state index in [-0.39, 0.29) is 23.8 Å². The van der Waals surface area contributed by atoms with Crippen molar-refractivity contribution in [1.29, 1.82) is 0 Å². The topological polar surface area (TPSA) is 86.7 Å². The van der Waals surface area contributed by atoms with Gasteiger partial charge in [-0.1, -0.05) is 42.5 Å².